The number of nitrogens with zero attached hydrogens (tertiary/aromatic N) is 1. The molecule has 0 aromatic heterocycles. The van der Waals surface area contributed by atoms with Gasteiger partial charge in [-0.15, -0.1) is 0 Å². The summed E-state index contributed by atoms with van der Waals surface area (Å²) in [6, 6.07) is 1.55. The Balaban J connectivity index is 2.00. The fraction of sp³-hybridized carbons (Fsp3) is 1.00. The first-order chi connectivity index (χ1) is 9.72. The molecule has 0 bridgehead atoms. The molecule has 0 amide bonds. The molecule has 1 saturated heterocycles. The number of hydrogen-bond acceptors (Lipinski definition) is 2. The molecule has 2 aliphatic rings. The summed E-state index contributed by atoms with van der Waals surface area (Å²) in [7, 11) is 0. The van der Waals surface area contributed by atoms with Gasteiger partial charge in [-0.1, -0.05) is 40.0 Å². The van der Waals surface area contributed by atoms with Crippen LogP contribution >= 0.6 is 0 Å². The minimum Gasteiger partial charge on any atom is -0.313 e. The molecule has 118 valence electrons. The lowest BCUT2D eigenvalue weighted by Gasteiger charge is -2.44. The van der Waals surface area contributed by atoms with Crippen LogP contribution in [0.25, 0.3) is 0 Å². The summed E-state index contributed by atoms with van der Waals surface area (Å²) in [6.45, 7) is 10.9. The first-order valence-corrected chi connectivity index (χ1v) is 9.19. The third kappa shape index (κ3) is 4.46. The minimum atomic E-state index is 0.745. The van der Waals surface area contributed by atoms with Gasteiger partial charge in [-0.3, -0.25) is 4.90 Å². The second kappa shape index (κ2) is 8.38. The molecule has 1 heterocycles. The topological polar surface area (TPSA) is 15.3 Å². The summed E-state index contributed by atoms with van der Waals surface area (Å²) in [5, 5.41) is 3.79. The molecule has 2 heteroatoms. The van der Waals surface area contributed by atoms with Crippen LogP contribution in [0.15, 0.2) is 0 Å². The maximum absolute atomic E-state index is 3.79. The average Bonchev–Trinajstić information content (AvgIpc) is 2.39. The van der Waals surface area contributed by atoms with Crippen molar-refractivity contribution in [1.29, 1.82) is 0 Å². The molecular formula is C18H36N2. The number of hydrogen-bond donors (Lipinski definition) is 1. The normalized spacial score (nSPS) is 33.9. The van der Waals surface area contributed by atoms with E-state index in [0.717, 1.165) is 30.5 Å². The van der Waals surface area contributed by atoms with Gasteiger partial charge in [-0.25, -0.2) is 0 Å². The van der Waals surface area contributed by atoms with Crippen LogP contribution in [-0.4, -0.2) is 36.6 Å². The number of likely N-dealkylation sites (tertiary alicyclic amines) is 1. The largest absolute Gasteiger partial charge is 0.313 e. The van der Waals surface area contributed by atoms with Crippen molar-refractivity contribution < 1.29 is 0 Å². The average molecular weight is 280 g/mol. The number of rotatable bonds is 4. The van der Waals surface area contributed by atoms with Gasteiger partial charge >= 0.3 is 0 Å². The van der Waals surface area contributed by atoms with E-state index < -0.39 is 0 Å². The Morgan fingerprint density at radius 2 is 1.65 bits per heavy atom. The zero-order chi connectivity index (χ0) is 14.4. The van der Waals surface area contributed by atoms with Gasteiger partial charge in [0.15, 0.2) is 0 Å². The van der Waals surface area contributed by atoms with Crippen molar-refractivity contribution in [3.05, 3.63) is 0 Å². The van der Waals surface area contributed by atoms with Crippen molar-refractivity contribution in [2.45, 2.75) is 84.2 Å². The predicted molar refractivity (Wildman–Crippen MR) is 88.1 cm³/mol. The highest BCUT2D eigenvalue weighted by Crippen LogP contribution is 2.33. The van der Waals surface area contributed by atoms with Crippen molar-refractivity contribution in [3.8, 4) is 0 Å². The zero-order valence-electron chi connectivity index (χ0n) is 14.0. The third-order valence-corrected chi connectivity index (χ3v) is 5.63. The Bertz CT molecular complexity index is 256. The van der Waals surface area contributed by atoms with E-state index in [1.165, 1.54) is 64.5 Å². The Hall–Kier alpha value is -0.0800. The molecule has 0 aromatic rings. The van der Waals surface area contributed by atoms with Crippen LogP contribution in [0.3, 0.4) is 0 Å². The fourth-order valence-electron chi connectivity index (χ4n) is 4.29. The third-order valence-electron chi connectivity index (χ3n) is 5.63. The van der Waals surface area contributed by atoms with E-state index >= 15 is 0 Å². The Labute approximate surface area is 126 Å². The Kier molecular flexibility index (Phi) is 6.83. The van der Waals surface area contributed by atoms with Crippen LogP contribution < -0.4 is 5.32 Å². The Morgan fingerprint density at radius 3 is 2.25 bits per heavy atom. The molecule has 3 atom stereocenters. The van der Waals surface area contributed by atoms with Crippen LogP contribution in [0.4, 0.5) is 0 Å². The summed E-state index contributed by atoms with van der Waals surface area (Å²) in [4.78, 5) is 2.85. The van der Waals surface area contributed by atoms with Gasteiger partial charge in [0, 0.05) is 12.1 Å². The molecule has 0 radical (unpaired) electrons. The van der Waals surface area contributed by atoms with Gasteiger partial charge in [-0.05, 0) is 63.6 Å². The van der Waals surface area contributed by atoms with Gasteiger partial charge in [0.1, 0.15) is 0 Å². The SMILES string of the molecule is CCNC1CCC(C(C)C)CC1N1CCCCCCC1. The molecule has 1 aliphatic carbocycles. The molecule has 2 rings (SSSR count). The van der Waals surface area contributed by atoms with Crippen molar-refractivity contribution in [1.82, 2.24) is 10.2 Å². The molecule has 0 aromatic carbocycles. The highest BCUT2D eigenvalue weighted by Gasteiger charge is 2.34. The molecule has 2 nitrogen and oxygen atoms in total. The van der Waals surface area contributed by atoms with Crippen LogP contribution in [0.2, 0.25) is 0 Å². The van der Waals surface area contributed by atoms with Crippen molar-refractivity contribution in [2.24, 2.45) is 11.8 Å². The first-order valence-electron chi connectivity index (χ1n) is 9.19. The van der Waals surface area contributed by atoms with E-state index in [9.17, 15) is 0 Å². The van der Waals surface area contributed by atoms with E-state index in [0.29, 0.717) is 0 Å². The van der Waals surface area contributed by atoms with Gasteiger partial charge in [0.05, 0.1) is 0 Å². The molecule has 1 N–H and O–H groups in total. The summed E-state index contributed by atoms with van der Waals surface area (Å²) < 4.78 is 0. The number of likely N-dealkylation sites (N-methyl/N-ethyl adjacent to an activating group) is 1. The summed E-state index contributed by atoms with van der Waals surface area (Å²) >= 11 is 0. The second-order valence-electron chi connectivity index (χ2n) is 7.35. The molecule has 2 fully saturated rings. The van der Waals surface area contributed by atoms with Gasteiger partial charge in [0.25, 0.3) is 0 Å². The lowest BCUT2D eigenvalue weighted by atomic mass is 9.76. The second-order valence-corrected chi connectivity index (χ2v) is 7.35. The van der Waals surface area contributed by atoms with Crippen LogP contribution in [0.5, 0.6) is 0 Å². The standard InChI is InChI=1S/C18H36N2/c1-4-19-17-11-10-16(15(2)3)14-18(17)20-12-8-6-5-7-9-13-20/h15-19H,4-14H2,1-3H3. The summed E-state index contributed by atoms with van der Waals surface area (Å²) in [5.74, 6) is 1.80. The van der Waals surface area contributed by atoms with E-state index in [4.69, 9.17) is 0 Å². The molecule has 20 heavy (non-hydrogen) atoms. The molecular weight excluding hydrogens is 244 g/mol. The predicted octanol–water partition coefficient (Wildman–Crippen LogP) is 4.06. The molecule has 1 aliphatic heterocycles. The van der Waals surface area contributed by atoms with Crippen LogP contribution in [0.1, 0.15) is 72.1 Å². The minimum absolute atomic E-state index is 0.745. The van der Waals surface area contributed by atoms with E-state index in [-0.39, 0.29) is 0 Å². The summed E-state index contributed by atoms with van der Waals surface area (Å²) in [5.41, 5.74) is 0. The molecule has 0 spiro atoms. The smallest absolute Gasteiger partial charge is 0.0252 e. The van der Waals surface area contributed by atoms with Crippen LogP contribution in [0, 0.1) is 11.8 Å². The van der Waals surface area contributed by atoms with Crippen LogP contribution in [-0.2, 0) is 0 Å². The van der Waals surface area contributed by atoms with Gasteiger partial charge in [-0.2, -0.15) is 0 Å². The first kappa shape index (κ1) is 16.3. The molecule has 1 saturated carbocycles. The summed E-state index contributed by atoms with van der Waals surface area (Å²) in [6.07, 6.45) is 11.4. The van der Waals surface area contributed by atoms with Crippen molar-refractivity contribution in [3.63, 3.8) is 0 Å². The molecule has 3 unspecified atom stereocenters. The number of nitrogens with one attached hydrogen (secondary N) is 1. The van der Waals surface area contributed by atoms with E-state index in [1.807, 2.05) is 0 Å². The Morgan fingerprint density at radius 1 is 1.00 bits per heavy atom. The van der Waals surface area contributed by atoms with Gasteiger partial charge < -0.3 is 5.32 Å². The monoisotopic (exact) mass is 280 g/mol. The van der Waals surface area contributed by atoms with E-state index in [2.05, 4.69) is 31.0 Å². The maximum Gasteiger partial charge on any atom is 0.0252 e. The van der Waals surface area contributed by atoms with Crippen molar-refractivity contribution in [2.75, 3.05) is 19.6 Å². The lowest BCUT2D eigenvalue weighted by molar-refractivity contribution is 0.0769. The highest BCUT2D eigenvalue weighted by atomic mass is 15.2. The lowest BCUT2D eigenvalue weighted by Crippen LogP contribution is -2.54. The highest BCUT2D eigenvalue weighted by molar-refractivity contribution is 4.92. The van der Waals surface area contributed by atoms with Gasteiger partial charge in [0.2, 0.25) is 0 Å². The van der Waals surface area contributed by atoms with E-state index in [1.54, 1.807) is 0 Å². The van der Waals surface area contributed by atoms with Crippen molar-refractivity contribution >= 4 is 0 Å². The quantitative estimate of drug-likeness (QED) is 0.835. The zero-order valence-corrected chi connectivity index (χ0v) is 14.0. The maximum atomic E-state index is 3.79. The fourth-order valence-corrected chi connectivity index (χ4v) is 4.29.